The maximum absolute atomic E-state index is 8.42. The fourth-order valence-corrected chi connectivity index (χ4v) is 1.42. The fourth-order valence-electron chi connectivity index (χ4n) is 1.42. The Balaban J connectivity index is 0.000000810. The molecule has 2 nitrogen and oxygen atoms in total. The van der Waals surface area contributed by atoms with Crippen LogP contribution in [0.15, 0.2) is 0 Å². The van der Waals surface area contributed by atoms with Gasteiger partial charge >= 0.3 is 0 Å². The van der Waals surface area contributed by atoms with E-state index in [0.29, 0.717) is 5.92 Å². The number of nitrogens with zero attached hydrogens (tertiary/aromatic N) is 1. The normalized spacial score (nSPS) is 21.2. The second-order valence-corrected chi connectivity index (χ2v) is 2.70. The van der Waals surface area contributed by atoms with Crippen molar-refractivity contribution in [3.05, 3.63) is 0 Å². The number of hydrogen-bond donors (Lipinski definition) is 1. The van der Waals surface area contributed by atoms with Gasteiger partial charge in [0.25, 0.3) is 0 Å². The number of nitrogens with two attached hydrogens (primary N) is 1. The van der Waals surface area contributed by atoms with Crippen LogP contribution in [-0.2, 0) is 0 Å². The lowest BCUT2D eigenvalue weighted by Gasteiger charge is -2.08. The average Bonchev–Trinajstić information content (AvgIpc) is 2.37. The minimum Gasteiger partial charge on any atom is -0.316 e. The zero-order valence-electron chi connectivity index (χ0n) is 5.92. The number of nitriles is 1. The zero-order valence-corrected chi connectivity index (χ0v) is 6.73. The second kappa shape index (κ2) is 4.54. The fraction of sp³-hybridized carbons (Fsp3) is 0.857. The molecule has 0 bridgehead atoms. The standard InChI is InChI=1S/C7H12N2.ClH/c8-5-7(9)6-3-1-2-4-6;/h6-7H,1-4,9H2;1H. The van der Waals surface area contributed by atoms with Crippen LogP contribution in [0.5, 0.6) is 0 Å². The molecule has 58 valence electrons. The van der Waals surface area contributed by atoms with Crippen molar-refractivity contribution in [3.63, 3.8) is 0 Å². The maximum Gasteiger partial charge on any atom is 0.0956 e. The monoisotopic (exact) mass is 160 g/mol. The molecule has 1 fully saturated rings. The summed E-state index contributed by atoms with van der Waals surface area (Å²) in [6.07, 6.45) is 4.85. The molecule has 1 rings (SSSR count). The molecule has 0 heterocycles. The van der Waals surface area contributed by atoms with Gasteiger partial charge < -0.3 is 5.73 Å². The third-order valence-electron chi connectivity index (χ3n) is 2.06. The molecule has 0 aromatic carbocycles. The quantitative estimate of drug-likeness (QED) is 0.631. The maximum atomic E-state index is 8.42. The molecule has 1 aliphatic carbocycles. The van der Waals surface area contributed by atoms with Crippen molar-refractivity contribution in [3.8, 4) is 6.07 Å². The highest BCUT2D eigenvalue weighted by Gasteiger charge is 2.20. The van der Waals surface area contributed by atoms with E-state index in [1.807, 2.05) is 0 Å². The van der Waals surface area contributed by atoms with Gasteiger partial charge in [-0.1, -0.05) is 12.8 Å². The molecule has 3 heteroatoms. The Morgan fingerprint density at radius 2 is 1.90 bits per heavy atom. The lowest BCUT2D eigenvalue weighted by molar-refractivity contribution is 0.497. The number of hydrogen-bond acceptors (Lipinski definition) is 2. The molecule has 0 spiro atoms. The first-order chi connectivity index (χ1) is 4.34. The minimum atomic E-state index is -0.201. The van der Waals surface area contributed by atoms with Crippen LogP contribution in [-0.4, -0.2) is 6.04 Å². The Morgan fingerprint density at radius 3 is 2.30 bits per heavy atom. The molecule has 0 saturated heterocycles. The second-order valence-electron chi connectivity index (χ2n) is 2.70. The third-order valence-corrected chi connectivity index (χ3v) is 2.06. The molecule has 0 aromatic heterocycles. The van der Waals surface area contributed by atoms with Gasteiger partial charge in [0.05, 0.1) is 12.1 Å². The van der Waals surface area contributed by atoms with Gasteiger partial charge in [0.1, 0.15) is 0 Å². The lowest BCUT2D eigenvalue weighted by atomic mass is 10.0. The van der Waals surface area contributed by atoms with Crippen LogP contribution in [0.3, 0.4) is 0 Å². The van der Waals surface area contributed by atoms with Crippen LogP contribution in [0.4, 0.5) is 0 Å². The van der Waals surface area contributed by atoms with Gasteiger partial charge in [0, 0.05) is 0 Å². The molecule has 0 amide bonds. The van der Waals surface area contributed by atoms with E-state index in [4.69, 9.17) is 11.0 Å². The molecular weight excluding hydrogens is 148 g/mol. The van der Waals surface area contributed by atoms with Crippen LogP contribution in [0.2, 0.25) is 0 Å². The van der Waals surface area contributed by atoms with E-state index in [9.17, 15) is 0 Å². The van der Waals surface area contributed by atoms with Crippen molar-refractivity contribution >= 4 is 12.4 Å². The molecule has 0 aromatic rings. The highest BCUT2D eigenvalue weighted by atomic mass is 35.5. The van der Waals surface area contributed by atoms with Crippen molar-refractivity contribution < 1.29 is 0 Å². The summed E-state index contributed by atoms with van der Waals surface area (Å²) in [5.74, 6) is 0.495. The molecular formula is C7H13ClN2. The SMILES string of the molecule is Cl.N#CC(N)C1CCCC1. The van der Waals surface area contributed by atoms with Gasteiger partial charge in [-0.25, -0.2) is 0 Å². The topological polar surface area (TPSA) is 49.8 Å². The Labute approximate surface area is 67.8 Å². The highest BCUT2D eigenvalue weighted by Crippen LogP contribution is 2.26. The van der Waals surface area contributed by atoms with Crippen molar-refractivity contribution in [2.75, 3.05) is 0 Å². The van der Waals surface area contributed by atoms with Gasteiger partial charge in [-0.2, -0.15) is 5.26 Å². The molecule has 0 aliphatic heterocycles. The van der Waals surface area contributed by atoms with Crippen LogP contribution in [0, 0.1) is 17.2 Å². The summed E-state index contributed by atoms with van der Waals surface area (Å²) < 4.78 is 0. The summed E-state index contributed by atoms with van der Waals surface area (Å²) in [5, 5.41) is 8.42. The summed E-state index contributed by atoms with van der Waals surface area (Å²) >= 11 is 0. The van der Waals surface area contributed by atoms with Crippen molar-refractivity contribution in [1.29, 1.82) is 5.26 Å². The Morgan fingerprint density at radius 1 is 1.40 bits per heavy atom. The van der Waals surface area contributed by atoms with E-state index < -0.39 is 0 Å². The number of halogens is 1. The van der Waals surface area contributed by atoms with Gasteiger partial charge in [0.15, 0.2) is 0 Å². The first-order valence-electron chi connectivity index (χ1n) is 3.50. The van der Waals surface area contributed by atoms with E-state index in [-0.39, 0.29) is 18.4 Å². The van der Waals surface area contributed by atoms with Crippen LogP contribution in [0.1, 0.15) is 25.7 Å². The molecule has 0 radical (unpaired) electrons. The Hall–Kier alpha value is -0.260. The summed E-state index contributed by atoms with van der Waals surface area (Å²) in [6, 6.07) is 1.88. The van der Waals surface area contributed by atoms with E-state index in [1.54, 1.807) is 0 Å². The predicted molar refractivity (Wildman–Crippen MR) is 42.8 cm³/mol. The molecule has 1 unspecified atom stereocenters. The molecule has 1 saturated carbocycles. The first kappa shape index (κ1) is 9.74. The number of rotatable bonds is 1. The van der Waals surface area contributed by atoms with Gasteiger partial charge in [-0.05, 0) is 18.8 Å². The summed E-state index contributed by atoms with van der Waals surface area (Å²) in [4.78, 5) is 0. The van der Waals surface area contributed by atoms with Crippen molar-refractivity contribution in [2.45, 2.75) is 31.7 Å². The average molecular weight is 161 g/mol. The molecule has 1 atom stereocenters. The predicted octanol–water partition coefficient (Wildman–Crippen LogP) is 1.45. The third kappa shape index (κ3) is 2.17. The van der Waals surface area contributed by atoms with Gasteiger partial charge in [0.2, 0.25) is 0 Å². The lowest BCUT2D eigenvalue weighted by Crippen LogP contribution is -2.25. The van der Waals surface area contributed by atoms with E-state index in [2.05, 4.69) is 6.07 Å². The van der Waals surface area contributed by atoms with Gasteiger partial charge in [-0.15, -0.1) is 12.4 Å². The molecule has 2 N–H and O–H groups in total. The summed E-state index contributed by atoms with van der Waals surface area (Å²) in [7, 11) is 0. The van der Waals surface area contributed by atoms with Gasteiger partial charge in [-0.3, -0.25) is 0 Å². The van der Waals surface area contributed by atoms with E-state index in [0.717, 1.165) is 12.8 Å². The smallest absolute Gasteiger partial charge is 0.0956 e. The Bertz CT molecular complexity index is 124. The van der Waals surface area contributed by atoms with E-state index >= 15 is 0 Å². The molecule has 10 heavy (non-hydrogen) atoms. The van der Waals surface area contributed by atoms with E-state index in [1.165, 1.54) is 12.8 Å². The summed E-state index contributed by atoms with van der Waals surface area (Å²) in [5.41, 5.74) is 5.52. The van der Waals surface area contributed by atoms with Crippen LogP contribution >= 0.6 is 12.4 Å². The largest absolute Gasteiger partial charge is 0.316 e. The van der Waals surface area contributed by atoms with Crippen molar-refractivity contribution in [2.24, 2.45) is 11.7 Å². The van der Waals surface area contributed by atoms with Crippen LogP contribution in [0.25, 0.3) is 0 Å². The summed E-state index contributed by atoms with van der Waals surface area (Å²) in [6.45, 7) is 0. The van der Waals surface area contributed by atoms with Crippen LogP contribution < -0.4 is 5.73 Å². The zero-order chi connectivity index (χ0) is 6.69. The molecule has 1 aliphatic rings. The Kier molecular flexibility index (Phi) is 4.42. The first-order valence-corrected chi connectivity index (χ1v) is 3.50. The van der Waals surface area contributed by atoms with Crippen molar-refractivity contribution in [1.82, 2.24) is 0 Å². The minimum absolute atomic E-state index is 0. The highest BCUT2D eigenvalue weighted by molar-refractivity contribution is 5.85.